The van der Waals surface area contributed by atoms with Crippen molar-refractivity contribution in [2.75, 3.05) is 18.4 Å². The van der Waals surface area contributed by atoms with E-state index in [0.29, 0.717) is 31.0 Å². The fourth-order valence-electron chi connectivity index (χ4n) is 5.09. The number of carbonyl (C=O) groups is 2. The van der Waals surface area contributed by atoms with Crippen molar-refractivity contribution in [2.45, 2.75) is 52.2 Å². The molecule has 1 atom stereocenters. The van der Waals surface area contributed by atoms with E-state index in [4.69, 9.17) is 9.72 Å². The number of ketones is 1. The second-order valence-electron chi connectivity index (χ2n) is 10.8. The number of ether oxygens (including phenoxy) is 1. The fraction of sp³-hybridized carbons (Fsp3) is 0.333. The molecule has 0 radical (unpaired) electrons. The largest absolute Gasteiger partial charge is 0.445 e. The van der Waals surface area contributed by atoms with E-state index in [-0.39, 0.29) is 36.9 Å². The van der Waals surface area contributed by atoms with Gasteiger partial charge in [0.15, 0.2) is 5.78 Å². The van der Waals surface area contributed by atoms with Crippen molar-refractivity contribution < 1.29 is 14.3 Å². The minimum Gasteiger partial charge on any atom is -0.445 e. The molecule has 1 amide bonds. The van der Waals surface area contributed by atoms with E-state index in [0.717, 1.165) is 40.9 Å². The molecule has 0 bridgehead atoms. The number of nitrogens with one attached hydrogen (secondary N) is 1. The zero-order valence-corrected chi connectivity index (χ0v) is 24.4. The summed E-state index contributed by atoms with van der Waals surface area (Å²) in [6.45, 7) is 5.33. The van der Waals surface area contributed by atoms with Crippen LogP contribution in [-0.4, -0.2) is 49.6 Å². The number of rotatable bonds is 10. The van der Waals surface area contributed by atoms with Gasteiger partial charge in [-0.15, -0.1) is 0 Å². The SMILES string of the molecule is CC[C@@H](C#N)CC(=O)c1ccc(-c2nc(Nc3cnn(C4CCN(C(=O)OCc5ccccc5)CC4)c3)ncc2C)cc1. The summed E-state index contributed by atoms with van der Waals surface area (Å²) < 4.78 is 7.41. The van der Waals surface area contributed by atoms with Crippen LogP contribution in [0.2, 0.25) is 0 Å². The third-order valence-corrected chi connectivity index (χ3v) is 7.72. The lowest BCUT2D eigenvalue weighted by atomic mass is 9.96. The van der Waals surface area contributed by atoms with Gasteiger partial charge in [0.05, 0.1) is 35.6 Å². The maximum Gasteiger partial charge on any atom is 0.410 e. The highest BCUT2D eigenvalue weighted by Crippen LogP contribution is 2.27. The Labute approximate surface area is 251 Å². The van der Waals surface area contributed by atoms with Gasteiger partial charge >= 0.3 is 6.09 Å². The van der Waals surface area contributed by atoms with Crippen molar-refractivity contribution in [1.29, 1.82) is 5.26 Å². The molecule has 43 heavy (non-hydrogen) atoms. The number of aryl methyl sites for hydroxylation is 1. The summed E-state index contributed by atoms with van der Waals surface area (Å²) in [5, 5.41) is 17.0. The van der Waals surface area contributed by atoms with Gasteiger partial charge in [0.25, 0.3) is 0 Å². The Morgan fingerprint density at radius 3 is 2.53 bits per heavy atom. The lowest BCUT2D eigenvalue weighted by Gasteiger charge is -2.31. The third-order valence-electron chi connectivity index (χ3n) is 7.72. The predicted octanol–water partition coefficient (Wildman–Crippen LogP) is 6.49. The predicted molar refractivity (Wildman–Crippen MR) is 163 cm³/mol. The first-order chi connectivity index (χ1) is 20.9. The van der Waals surface area contributed by atoms with E-state index in [1.54, 1.807) is 29.4 Å². The molecule has 4 aromatic rings. The number of anilines is 2. The molecule has 0 unspecified atom stereocenters. The van der Waals surface area contributed by atoms with Gasteiger partial charge in [-0.3, -0.25) is 9.48 Å². The lowest BCUT2D eigenvalue weighted by molar-refractivity contribution is 0.0821. The van der Waals surface area contributed by atoms with Crippen LogP contribution in [0, 0.1) is 24.2 Å². The number of nitrogens with zero attached hydrogens (tertiary/aromatic N) is 6. The highest BCUT2D eigenvalue weighted by Gasteiger charge is 2.25. The number of hydrogen-bond acceptors (Lipinski definition) is 8. The Balaban J connectivity index is 1.16. The first-order valence-corrected chi connectivity index (χ1v) is 14.6. The molecule has 1 aliphatic rings. The number of carbonyl (C=O) groups excluding carboxylic acids is 2. The van der Waals surface area contributed by atoms with Crippen molar-refractivity contribution in [3.63, 3.8) is 0 Å². The number of benzene rings is 2. The van der Waals surface area contributed by atoms with E-state index in [1.165, 1.54) is 0 Å². The van der Waals surface area contributed by atoms with Crippen LogP contribution in [0.3, 0.4) is 0 Å². The summed E-state index contributed by atoms with van der Waals surface area (Å²) in [4.78, 5) is 36.0. The van der Waals surface area contributed by atoms with Crippen molar-refractivity contribution in [2.24, 2.45) is 5.92 Å². The number of likely N-dealkylation sites (tertiary alicyclic amines) is 1. The molecule has 1 saturated heterocycles. The Bertz CT molecular complexity index is 1590. The number of piperidine rings is 1. The van der Waals surface area contributed by atoms with E-state index in [9.17, 15) is 14.9 Å². The molecule has 3 heterocycles. The molecule has 1 N–H and O–H groups in total. The summed E-state index contributed by atoms with van der Waals surface area (Å²) in [5.41, 5.74) is 4.86. The molecule has 10 nitrogen and oxygen atoms in total. The van der Waals surface area contributed by atoms with Gasteiger partial charge in [0.1, 0.15) is 6.61 Å². The van der Waals surface area contributed by atoms with Crippen molar-refractivity contribution >= 4 is 23.5 Å². The maximum atomic E-state index is 12.6. The van der Waals surface area contributed by atoms with Crippen LogP contribution in [0.25, 0.3) is 11.3 Å². The van der Waals surface area contributed by atoms with Gasteiger partial charge in [0.2, 0.25) is 5.95 Å². The first-order valence-electron chi connectivity index (χ1n) is 14.6. The summed E-state index contributed by atoms with van der Waals surface area (Å²) in [6.07, 6.45) is 7.59. The van der Waals surface area contributed by atoms with Gasteiger partial charge in [0, 0.05) is 43.0 Å². The molecular formula is C33H35N7O3. The van der Waals surface area contributed by atoms with Crippen LogP contribution in [0.15, 0.2) is 73.2 Å². The van der Waals surface area contributed by atoms with Gasteiger partial charge in [-0.05, 0) is 37.3 Å². The Morgan fingerprint density at radius 2 is 1.84 bits per heavy atom. The van der Waals surface area contributed by atoms with Crippen LogP contribution in [0.4, 0.5) is 16.4 Å². The summed E-state index contributed by atoms with van der Waals surface area (Å²) in [5.74, 6) is 0.138. The summed E-state index contributed by atoms with van der Waals surface area (Å²) in [7, 11) is 0. The molecule has 1 fully saturated rings. The molecule has 0 spiro atoms. The number of aromatic nitrogens is 4. The van der Waals surface area contributed by atoms with Crippen LogP contribution in [-0.2, 0) is 11.3 Å². The van der Waals surface area contributed by atoms with E-state index >= 15 is 0 Å². The minimum absolute atomic E-state index is 0.0348. The highest BCUT2D eigenvalue weighted by atomic mass is 16.6. The van der Waals surface area contributed by atoms with E-state index in [2.05, 4.69) is 21.5 Å². The molecule has 5 rings (SSSR count). The van der Waals surface area contributed by atoms with Crippen LogP contribution in [0.5, 0.6) is 0 Å². The van der Waals surface area contributed by atoms with Gasteiger partial charge in [-0.1, -0.05) is 61.5 Å². The van der Waals surface area contributed by atoms with E-state index in [1.807, 2.05) is 67.2 Å². The zero-order chi connectivity index (χ0) is 30.2. The van der Waals surface area contributed by atoms with Crippen LogP contribution < -0.4 is 5.32 Å². The normalized spacial score (nSPS) is 14.1. The van der Waals surface area contributed by atoms with Crippen LogP contribution in [0.1, 0.15) is 60.1 Å². The lowest BCUT2D eigenvalue weighted by Crippen LogP contribution is -2.39. The second-order valence-corrected chi connectivity index (χ2v) is 10.8. The Kier molecular flexibility index (Phi) is 9.42. The van der Waals surface area contributed by atoms with E-state index < -0.39 is 0 Å². The highest BCUT2D eigenvalue weighted by molar-refractivity contribution is 5.96. The number of Topliss-reactive ketones (excluding diaryl/α,β-unsaturated/α-hetero) is 1. The molecule has 0 saturated carbocycles. The van der Waals surface area contributed by atoms with Crippen LogP contribution >= 0.6 is 0 Å². The quantitative estimate of drug-likeness (QED) is 0.212. The average Bonchev–Trinajstić information content (AvgIpc) is 3.52. The molecular weight excluding hydrogens is 542 g/mol. The fourth-order valence-corrected chi connectivity index (χ4v) is 5.09. The zero-order valence-electron chi connectivity index (χ0n) is 24.4. The average molecular weight is 578 g/mol. The molecule has 2 aromatic carbocycles. The number of amides is 1. The molecule has 0 aliphatic carbocycles. The number of nitriles is 1. The molecule has 1 aliphatic heterocycles. The topological polar surface area (TPSA) is 126 Å². The summed E-state index contributed by atoms with van der Waals surface area (Å²) in [6, 6.07) is 19.4. The van der Waals surface area contributed by atoms with Gasteiger partial charge < -0.3 is 15.0 Å². The minimum atomic E-state index is -0.289. The second kappa shape index (κ2) is 13.7. The smallest absolute Gasteiger partial charge is 0.410 e. The molecule has 220 valence electrons. The van der Waals surface area contributed by atoms with Gasteiger partial charge in [-0.2, -0.15) is 10.4 Å². The molecule has 2 aromatic heterocycles. The monoisotopic (exact) mass is 577 g/mol. The Morgan fingerprint density at radius 1 is 1.09 bits per heavy atom. The van der Waals surface area contributed by atoms with Gasteiger partial charge in [-0.25, -0.2) is 14.8 Å². The van der Waals surface area contributed by atoms with Crippen molar-refractivity contribution in [3.8, 4) is 17.3 Å². The first kappa shape index (κ1) is 29.5. The maximum absolute atomic E-state index is 12.6. The van der Waals surface area contributed by atoms with Crippen molar-refractivity contribution in [1.82, 2.24) is 24.6 Å². The number of hydrogen-bond donors (Lipinski definition) is 1. The molecule has 10 heteroatoms. The Hall–Kier alpha value is -5.04. The third kappa shape index (κ3) is 7.43. The summed E-state index contributed by atoms with van der Waals surface area (Å²) >= 11 is 0. The van der Waals surface area contributed by atoms with Crippen molar-refractivity contribution in [3.05, 3.63) is 89.9 Å². The standard InChI is InChI=1S/C33H35N7O3/c1-3-24(18-34)17-30(41)26-9-11-27(12-10-26)31-23(2)19-35-32(38-31)37-28-20-36-40(21-28)29-13-15-39(16-14-29)33(42)43-22-25-7-5-4-6-8-25/h4-12,19-21,24,29H,3,13-17,22H2,1-2H3,(H,35,37,38)/t24-/m1/s1.